The van der Waals surface area contributed by atoms with E-state index in [0.717, 1.165) is 17.1 Å². The predicted molar refractivity (Wildman–Crippen MR) is 275 cm³/mol. The molecule has 300 valence electrons. The number of anilines is 3. The predicted octanol–water partition coefficient (Wildman–Crippen LogP) is 17.6. The number of rotatable bonds is 7. The van der Waals surface area contributed by atoms with E-state index in [1.54, 1.807) is 0 Å². The van der Waals surface area contributed by atoms with Crippen LogP contribution in [0.2, 0.25) is 0 Å². The minimum atomic E-state index is -0.463. The molecular weight excluding hydrogens is 811 g/mol. The first-order valence-corrected chi connectivity index (χ1v) is 23.5. The molecule has 1 aliphatic rings. The Morgan fingerprint density at radius 1 is 0.312 bits per heavy atom. The molecule has 0 N–H and O–H groups in total. The van der Waals surface area contributed by atoms with Gasteiger partial charge >= 0.3 is 0 Å². The molecule has 64 heavy (non-hydrogen) atoms. The molecule has 0 saturated carbocycles. The van der Waals surface area contributed by atoms with Gasteiger partial charge in [0, 0.05) is 57.4 Å². The Balaban J connectivity index is 1.01. The Kier molecular flexibility index (Phi) is 8.55. The number of nitrogens with zero attached hydrogens (tertiary/aromatic N) is 1. The maximum atomic E-state index is 2.45. The molecule has 0 fully saturated rings. The van der Waals surface area contributed by atoms with E-state index in [4.69, 9.17) is 0 Å². The zero-order valence-corrected chi connectivity index (χ0v) is 36.4. The normalized spacial score (nSPS) is 12.8. The summed E-state index contributed by atoms with van der Waals surface area (Å²) in [6.07, 6.45) is 0. The fourth-order valence-electron chi connectivity index (χ4n) is 10.6. The Morgan fingerprint density at radius 2 is 0.875 bits per heavy atom. The van der Waals surface area contributed by atoms with Crippen LogP contribution in [0.3, 0.4) is 0 Å². The third-order valence-corrected chi connectivity index (χ3v) is 15.7. The topological polar surface area (TPSA) is 3.24 Å². The molecule has 1 nitrogen and oxygen atoms in total. The molecule has 2 heterocycles. The van der Waals surface area contributed by atoms with E-state index in [-0.39, 0.29) is 0 Å². The van der Waals surface area contributed by atoms with Crippen LogP contribution in [0.4, 0.5) is 17.1 Å². The molecule has 0 atom stereocenters. The number of thiophene rings is 2. The summed E-state index contributed by atoms with van der Waals surface area (Å²) >= 11 is 3.75. The average Bonchev–Trinajstić information content (AvgIpc) is 4.04. The maximum Gasteiger partial charge on any atom is 0.0713 e. The van der Waals surface area contributed by atoms with Crippen molar-refractivity contribution in [2.45, 2.75) is 5.41 Å². The molecule has 2 aromatic heterocycles. The zero-order valence-electron chi connectivity index (χ0n) is 34.8. The minimum absolute atomic E-state index is 0.463. The Hall–Kier alpha value is -7.56. The summed E-state index contributed by atoms with van der Waals surface area (Å²) in [6, 6.07) is 87.7. The van der Waals surface area contributed by atoms with Gasteiger partial charge in [-0.2, -0.15) is 0 Å². The van der Waals surface area contributed by atoms with Crippen molar-refractivity contribution in [2.24, 2.45) is 0 Å². The van der Waals surface area contributed by atoms with Crippen LogP contribution >= 0.6 is 22.7 Å². The smallest absolute Gasteiger partial charge is 0.0713 e. The number of hydrogen-bond acceptors (Lipinski definition) is 3. The minimum Gasteiger partial charge on any atom is -0.310 e. The summed E-state index contributed by atoms with van der Waals surface area (Å²) in [5, 5.41) is 5.26. The molecule has 0 aliphatic heterocycles. The third-order valence-electron chi connectivity index (χ3n) is 13.4. The second-order valence-corrected chi connectivity index (χ2v) is 18.9. The molecule has 10 aromatic carbocycles. The van der Waals surface area contributed by atoms with Crippen molar-refractivity contribution in [3.05, 3.63) is 259 Å². The zero-order chi connectivity index (χ0) is 42.2. The first-order valence-electron chi connectivity index (χ1n) is 21.9. The molecule has 0 saturated heterocycles. The summed E-state index contributed by atoms with van der Waals surface area (Å²) in [7, 11) is 0. The van der Waals surface area contributed by atoms with E-state index in [1.807, 2.05) is 22.7 Å². The number of fused-ring (bicyclic) bond motifs is 9. The largest absolute Gasteiger partial charge is 0.310 e. The highest BCUT2D eigenvalue weighted by molar-refractivity contribution is 7.26. The van der Waals surface area contributed by atoms with Gasteiger partial charge in [0.15, 0.2) is 0 Å². The van der Waals surface area contributed by atoms with Crippen LogP contribution in [0, 0.1) is 0 Å². The quantitative estimate of drug-likeness (QED) is 0.154. The number of benzene rings is 10. The van der Waals surface area contributed by atoms with Gasteiger partial charge in [0.05, 0.1) is 5.41 Å². The van der Waals surface area contributed by atoms with Gasteiger partial charge in [-0.1, -0.05) is 182 Å². The molecule has 0 radical (unpaired) electrons. The second kappa shape index (κ2) is 14.8. The number of hydrogen-bond donors (Lipinski definition) is 0. The Labute approximate surface area is 380 Å². The van der Waals surface area contributed by atoms with Crippen LogP contribution in [0.5, 0.6) is 0 Å². The van der Waals surface area contributed by atoms with Gasteiger partial charge in [-0.25, -0.2) is 0 Å². The maximum absolute atomic E-state index is 2.45. The van der Waals surface area contributed by atoms with E-state index < -0.39 is 5.41 Å². The first-order chi connectivity index (χ1) is 31.7. The van der Waals surface area contributed by atoms with Crippen molar-refractivity contribution in [3.63, 3.8) is 0 Å². The van der Waals surface area contributed by atoms with Crippen LogP contribution in [0.15, 0.2) is 237 Å². The van der Waals surface area contributed by atoms with Gasteiger partial charge in [0.25, 0.3) is 0 Å². The molecule has 3 heteroatoms. The molecule has 1 aliphatic carbocycles. The van der Waals surface area contributed by atoms with Crippen molar-refractivity contribution in [1.82, 2.24) is 0 Å². The van der Waals surface area contributed by atoms with Crippen molar-refractivity contribution < 1.29 is 0 Å². The van der Waals surface area contributed by atoms with Gasteiger partial charge in [0.1, 0.15) is 0 Å². The van der Waals surface area contributed by atoms with Crippen molar-refractivity contribution in [2.75, 3.05) is 4.90 Å². The van der Waals surface area contributed by atoms with E-state index in [9.17, 15) is 0 Å². The van der Waals surface area contributed by atoms with E-state index >= 15 is 0 Å². The van der Waals surface area contributed by atoms with Crippen LogP contribution < -0.4 is 4.90 Å². The third kappa shape index (κ3) is 5.61. The fraction of sp³-hybridized carbons (Fsp3) is 0.0164. The van der Waals surface area contributed by atoms with Gasteiger partial charge in [-0.15, -0.1) is 22.7 Å². The van der Waals surface area contributed by atoms with E-state index in [0.29, 0.717) is 0 Å². The highest BCUT2D eigenvalue weighted by atomic mass is 32.1. The molecule has 12 aromatic rings. The average molecular weight is 850 g/mol. The molecule has 13 rings (SSSR count). The standard InChI is InChI=1S/C61H39NS2/c1-3-17-42(18-4-1)61(43-19-5-2-6-20-43)54-28-10-7-22-49(54)53-39-46(36-37-55(53)61)62(44-34-32-40(33-35-44)47-25-15-31-58-59(47)52-24-9-12-30-57(52)63-58)45-21-13-16-41(38-45)48-26-14-27-51-50-23-8-11-29-56(50)64-60(48)51/h1-39H. The molecule has 0 bridgehead atoms. The molecule has 0 amide bonds. The van der Waals surface area contributed by atoms with Gasteiger partial charge < -0.3 is 4.90 Å². The summed E-state index contributed by atoms with van der Waals surface area (Å²) < 4.78 is 5.27. The summed E-state index contributed by atoms with van der Waals surface area (Å²) in [5.74, 6) is 0. The summed E-state index contributed by atoms with van der Waals surface area (Å²) in [6.45, 7) is 0. The monoisotopic (exact) mass is 849 g/mol. The van der Waals surface area contributed by atoms with Gasteiger partial charge in [-0.3, -0.25) is 0 Å². The Bertz CT molecular complexity index is 3690. The van der Waals surface area contributed by atoms with Crippen LogP contribution in [-0.2, 0) is 5.41 Å². The lowest BCUT2D eigenvalue weighted by Crippen LogP contribution is -2.28. The molecular formula is C61H39NS2. The lowest BCUT2D eigenvalue weighted by Gasteiger charge is -2.34. The summed E-state index contributed by atoms with van der Waals surface area (Å²) in [4.78, 5) is 2.45. The lowest BCUT2D eigenvalue weighted by atomic mass is 9.68. The van der Waals surface area contributed by atoms with E-state index in [1.165, 1.54) is 96.0 Å². The highest BCUT2D eigenvalue weighted by Crippen LogP contribution is 2.57. The van der Waals surface area contributed by atoms with Crippen molar-refractivity contribution in [1.29, 1.82) is 0 Å². The van der Waals surface area contributed by atoms with Gasteiger partial charge in [-0.05, 0) is 110 Å². The lowest BCUT2D eigenvalue weighted by molar-refractivity contribution is 0.768. The molecule has 0 unspecified atom stereocenters. The SMILES string of the molecule is c1ccc(C2(c3ccccc3)c3ccccc3-c3cc(N(c4ccc(-c5cccc6sc7ccccc7c56)cc4)c4cccc(-c5cccc6c5sc5ccccc56)c4)ccc32)cc1. The Morgan fingerprint density at radius 3 is 1.67 bits per heavy atom. The van der Waals surface area contributed by atoms with Crippen LogP contribution in [-0.4, -0.2) is 0 Å². The second-order valence-electron chi connectivity index (χ2n) is 16.7. The summed E-state index contributed by atoms with van der Waals surface area (Å²) in [5.41, 5.74) is 15.5. The van der Waals surface area contributed by atoms with Gasteiger partial charge in [0.2, 0.25) is 0 Å². The molecule has 0 spiro atoms. The van der Waals surface area contributed by atoms with Crippen molar-refractivity contribution in [3.8, 4) is 33.4 Å². The fourth-order valence-corrected chi connectivity index (χ4v) is 13.0. The van der Waals surface area contributed by atoms with Crippen molar-refractivity contribution >= 4 is 80.1 Å². The van der Waals surface area contributed by atoms with E-state index in [2.05, 4.69) is 241 Å². The first kappa shape index (κ1) is 37.0. The highest BCUT2D eigenvalue weighted by Gasteiger charge is 2.46. The van der Waals surface area contributed by atoms with Crippen LogP contribution in [0.1, 0.15) is 22.3 Å². The van der Waals surface area contributed by atoms with Crippen LogP contribution in [0.25, 0.3) is 73.7 Å².